The number of unbranched alkanes of at least 4 members (excludes halogenated alkanes) is 34. The Morgan fingerprint density at radius 3 is 0.575 bits per heavy atom. The molecular formula is C39H78O. The van der Waals surface area contributed by atoms with Crippen LogP contribution in [0, 0.1) is 0 Å². The van der Waals surface area contributed by atoms with Gasteiger partial charge in [-0.05, 0) is 13.3 Å². The van der Waals surface area contributed by atoms with E-state index in [1.165, 1.54) is 218 Å². The highest BCUT2D eigenvalue weighted by Crippen LogP contribution is 2.17. The number of carbonyl (C=O) groups excluding carboxylic acids is 1. The van der Waals surface area contributed by atoms with Crippen LogP contribution in [0.2, 0.25) is 0 Å². The van der Waals surface area contributed by atoms with E-state index in [9.17, 15) is 4.79 Å². The maximum atomic E-state index is 10.9. The van der Waals surface area contributed by atoms with Gasteiger partial charge < -0.3 is 4.79 Å². The first kappa shape index (κ1) is 39.7. The van der Waals surface area contributed by atoms with Crippen LogP contribution >= 0.6 is 0 Å². The molecule has 1 heteroatoms. The molecule has 0 rings (SSSR count). The molecule has 0 unspecified atom stereocenters. The zero-order valence-corrected chi connectivity index (χ0v) is 28.4. The van der Waals surface area contributed by atoms with Crippen molar-refractivity contribution >= 4 is 5.78 Å². The molecule has 0 fully saturated rings. The van der Waals surface area contributed by atoms with Gasteiger partial charge in [-0.1, -0.05) is 225 Å². The highest BCUT2D eigenvalue weighted by Gasteiger charge is 1.98. The Labute approximate surface area is 255 Å². The molecular weight excluding hydrogens is 484 g/mol. The smallest absolute Gasteiger partial charge is 0.129 e. The predicted octanol–water partition coefficient (Wildman–Crippen LogP) is 14.6. The monoisotopic (exact) mass is 563 g/mol. The topological polar surface area (TPSA) is 17.1 Å². The van der Waals surface area contributed by atoms with Crippen LogP contribution in [0.3, 0.4) is 0 Å². The van der Waals surface area contributed by atoms with Crippen molar-refractivity contribution < 1.29 is 4.79 Å². The summed E-state index contributed by atoms with van der Waals surface area (Å²) in [7, 11) is 0. The van der Waals surface area contributed by atoms with Gasteiger partial charge in [-0.2, -0.15) is 0 Å². The summed E-state index contributed by atoms with van der Waals surface area (Å²) < 4.78 is 0. The predicted molar refractivity (Wildman–Crippen MR) is 183 cm³/mol. The van der Waals surface area contributed by atoms with E-state index in [2.05, 4.69) is 6.92 Å². The lowest BCUT2D eigenvalue weighted by molar-refractivity contribution is -0.117. The van der Waals surface area contributed by atoms with Gasteiger partial charge in [-0.3, -0.25) is 0 Å². The summed E-state index contributed by atoms with van der Waals surface area (Å²) >= 11 is 0. The summed E-state index contributed by atoms with van der Waals surface area (Å²) in [6, 6.07) is 0. The van der Waals surface area contributed by atoms with E-state index >= 15 is 0 Å². The lowest BCUT2D eigenvalue weighted by atomic mass is 10.0. The molecule has 0 N–H and O–H groups in total. The van der Waals surface area contributed by atoms with Crippen LogP contribution in [0.15, 0.2) is 0 Å². The van der Waals surface area contributed by atoms with Crippen molar-refractivity contribution in [2.45, 2.75) is 245 Å². The van der Waals surface area contributed by atoms with Gasteiger partial charge in [0.25, 0.3) is 0 Å². The van der Waals surface area contributed by atoms with E-state index in [-0.39, 0.29) is 0 Å². The fourth-order valence-corrected chi connectivity index (χ4v) is 6.28. The van der Waals surface area contributed by atoms with Crippen LogP contribution in [-0.4, -0.2) is 5.78 Å². The molecule has 1 nitrogen and oxygen atoms in total. The van der Waals surface area contributed by atoms with E-state index < -0.39 is 0 Å². The van der Waals surface area contributed by atoms with E-state index in [1.54, 1.807) is 6.92 Å². The zero-order valence-electron chi connectivity index (χ0n) is 28.4. The zero-order chi connectivity index (χ0) is 29.0. The van der Waals surface area contributed by atoms with E-state index in [0.29, 0.717) is 5.78 Å². The van der Waals surface area contributed by atoms with E-state index in [1.807, 2.05) is 0 Å². The van der Waals surface area contributed by atoms with Crippen molar-refractivity contribution in [3.05, 3.63) is 0 Å². The van der Waals surface area contributed by atoms with Gasteiger partial charge in [-0.25, -0.2) is 0 Å². The number of hydrogen-bond donors (Lipinski definition) is 0. The molecule has 0 aliphatic carbocycles. The molecule has 0 aromatic carbocycles. The average Bonchev–Trinajstić information content (AvgIpc) is 2.95. The molecule has 0 saturated heterocycles. The Bertz CT molecular complexity index is 456. The van der Waals surface area contributed by atoms with Crippen molar-refractivity contribution in [1.82, 2.24) is 0 Å². The van der Waals surface area contributed by atoms with E-state index in [4.69, 9.17) is 0 Å². The minimum Gasteiger partial charge on any atom is -0.300 e. The Morgan fingerprint density at radius 1 is 0.275 bits per heavy atom. The summed E-state index contributed by atoms with van der Waals surface area (Å²) in [5.41, 5.74) is 0. The molecule has 0 bridgehead atoms. The number of ketones is 1. The van der Waals surface area contributed by atoms with Crippen LogP contribution in [0.25, 0.3) is 0 Å². The normalized spacial score (nSPS) is 11.4. The minimum absolute atomic E-state index is 0.353. The second-order valence-corrected chi connectivity index (χ2v) is 13.5. The van der Waals surface area contributed by atoms with Gasteiger partial charge in [0, 0.05) is 6.42 Å². The van der Waals surface area contributed by atoms with Crippen LogP contribution < -0.4 is 0 Å². The minimum atomic E-state index is 0.353. The molecule has 0 aliphatic heterocycles. The van der Waals surface area contributed by atoms with E-state index in [0.717, 1.165) is 12.8 Å². The summed E-state index contributed by atoms with van der Waals surface area (Å²) in [6.45, 7) is 4.02. The number of carbonyl (C=O) groups is 1. The van der Waals surface area contributed by atoms with Crippen LogP contribution in [0.5, 0.6) is 0 Å². The molecule has 0 saturated carbocycles. The van der Waals surface area contributed by atoms with Gasteiger partial charge in [0.15, 0.2) is 0 Å². The quantitative estimate of drug-likeness (QED) is 0.0694. The number of Topliss-reactive ketones (excluding diaryl/α,β-unsaturated/α-hetero) is 1. The molecule has 0 aromatic rings. The number of hydrogen-bond acceptors (Lipinski definition) is 1. The molecule has 0 atom stereocenters. The van der Waals surface area contributed by atoms with Crippen molar-refractivity contribution in [3.8, 4) is 0 Å². The third-order valence-corrected chi connectivity index (χ3v) is 9.13. The SMILES string of the molecule is CCCCCCCCCCCCCCCCCCCCCCCCCCCCCCCCCCCCCC(C)=O. The maximum Gasteiger partial charge on any atom is 0.129 e. The van der Waals surface area contributed by atoms with Crippen LogP contribution in [0.4, 0.5) is 0 Å². The first-order valence-corrected chi connectivity index (χ1v) is 19.3. The van der Waals surface area contributed by atoms with Crippen molar-refractivity contribution in [3.63, 3.8) is 0 Å². The molecule has 0 amide bonds. The average molecular weight is 563 g/mol. The van der Waals surface area contributed by atoms with Gasteiger partial charge in [-0.15, -0.1) is 0 Å². The standard InChI is InChI=1S/C39H78O/c1-3-4-5-6-7-8-9-10-11-12-13-14-15-16-17-18-19-20-21-22-23-24-25-26-27-28-29-30-31-32-33-34-35-36-37-38-39(2)40/h3-38H2,1-2H3. The second kappa shape index (κ2) is 36.7. The molecule has 0 aromatic heterocycles. The van der Waals surface area contributed by atoms with Gasteiger partial charge >= 0.3 is 0 Å². The highest BCUT2D eigenvalue weighted by molar-refractivity contribution is 5.75. The van der Waals surface area contributed by atoms with Crippen molar-refractivity contribution in [1.29, 1.82) is 0 Å². The fourth-order valence-electron chi connectivity index (χ4n) is 6.28. The third kappa shape index (κ3) is 37.7. The van der Waals surface area contributed by atoms with Crippen LogP contribution in [0.1, 0.15) is 245 Å². The Morgan fingerprint density at radius 2 is 0.425 bits per heavy atom. The fraction of sp³-hybridized carbons (Fsp3) is 0.974. The molecule has 0 spiro atoms. The Balaban J connectivity index is 3.03. The first-order chi connectivity index (χ1) is 19.8. The summed E-state index contributed by atoms with van der Waals surface area (Å²) in [5, 5.41) is 0. The molecule has 0 aliphatic rings. The van der Waals surface area contributed by atoms with Gasteiger partial charge in [0.1, 0.15) is 5.78 Å². The Kier molecular flexibility index (Phi) is 36.4. The van der Waals surface area contributed by atoms with Crippen LogP contribution in [-0.2, 0) is 4.79 Å². The lowest BCUT2D eigenvalue weighted by Gasteiger charge is -2.05. The highest BCUT2D eigenvalue weighted by atomic mass is 16.1. The number of rotatable bonds is 36. The first-order valence-electron chi connectivity index (χ1n) is 19.3. The third-order valence-electron chi connectivity index (χ3n) is 9.13. The van der Waals surface area contributed by atoms with Gasteiger partial charge in [0.2, 0.25) is 0 Å². The molecule has 40 heavy (non-hydrogen) atoms. The Hall–Kier alpha value is -0.330. The summed E-state index contributed by atoms with van der Waals surface area (Å²) in [6.07, 6.45) is 51.4. The van der Waals surface area contributed by atoms with Crippen molar-refractivity contribution in [2.24, 2.45) is 0 Å². The molecule has 0 radical (unpaired) electrons. The maximum absolute atomic E-state index is 10.9. The lowest BCUT2D eigenvalue weighted by Crippen LogP contribution is -1.89. The molecule has 240 valence electrons. The largest absolute Gasteiger partial charge is 0.300 e. The second-order valence-electron chi connectivity index (χ2n) is 13.5. The summed E-state index contributed by atoms with van der Waals surface area (Å²) in [4.78, 5) is 10.9. The van der Waals surface area contributed by atoms with Gasteiger partial charge in [0.05, 0.1) is 0 Å². The summed E-state index contributed by atoms with van der Waals surface area (Å²) in [5.74, 6) is 0.353. The molecule has 0 heterocycles. The van der Waals surface area contributed by atoms with Crippen molar-refractivity contribution in [2.75, 3.05) is 0 Å².